The van der Waals surface area contributed by atoms with Crippen LogP contribution in [0.4, 0.5) is 4.39 Å². The number of carboxylic acid groups (broad SMARTS) is 1. The summed E-state index contributed by atoms with van der Waals surface area (Å²) in [4.78, 5) is 18.5. The Hall–Kier alpha value is -2.88. The maximum atomic E-state index is 13.8. The summed E-state index contributed by atoms with van der Waals surface area (Å²) >= 11 is 5.67. The Balaban J connectivity index is 0.00000300. The predicted octanol–water partition coefficient (Wildman–Crippen LogP) is 3.45. The van der Waals surface area contributed by atoms with Crippen LogP contribution in [0.15, 0.2) is 48.9 Å². The smallest absolute Gasteiger partial charge is 0.305 e. The summed E-state index contributed by atoms with van der Waals surface area (Å²) in [5.74, 6) is -1.47. The van der Waals surface area contributed by atoms with E-state index in [1.165, 1.54) is 12.4 Å². The Labute approximate surface area is 176 Å². The van der Waals surface area contributed by atoms with E-state index in [9.17, 15) is 9.18 Å². The maximum absolute atomic E-state index is 13.8. The summed E-state index contributed by atoms with van der Waals surface area (Å²) in [5.41, 5.74) is 6.40. The Kier molecular flexibility index (Phi) is 7.77. The molecule has 1 aromatic carbocycles. The monoisotopic (exact) mass is 442 g/mol. The zero-order valence-corrected chi connectivity index (χ0v) is 16.4. The van der Waals surface area contributed by atoms with E-state index in [0.29, 0.717) is 11.4 Å². The predicted molar refractivity (Wildman–Crippen MR) is 106 cm³/mol. The topological polar surface area (TPSA) is 112 Å². The van der Waals surface area contributed by atoms with Crippen LogP contribution in [-0.4, -0.2) is 38.3 Å². The molecule has 3 rings (SSSR count). The van der Waals surface area contributed by atoms with Crippen LogP contribution in [0, 0.1) is 5.82 Å². The van der Waals surface area contributed by atoms with Crippen LogP contribution in [0.3, 0.4) is 0 Å². The Morgan fingerprint density at radius 3 is 2.69 bits per heavy atom. The highest BCUT2D eigenvalue weighted by atomic mass is 35.5. The van der Waals surface area contributed by atoms with Crippen LogP contribution in [0.1, 0.15) is 6.42 Å². The molecule has 0 unspecified atom stereocenters. The normalized spacial score (nSPS) is 11.4. The molecule has 29 heavy (non-hydrogen) atoms. The highest BCUT2D eigenvalue weighted by Gasteiger charge is 2.13. The van der Waals surface area contributed by atoms with Gasteiger partial charge in [0.2, 0.25) is 0 Å². The van der Waals surface area contributed by atoms with Crippen molar-refractivity contribution in [3.63, 3.8) is 0 Å². The third-order valence-corrected chi connectivity index (χ3v) is 3.78. The number of benzene rings is 1. The second-order valence-electron chi connectivity index (χ2n) is 5.79. The molecular formula is C18H17Cl2FN4O4. The minimum Gasteiger partial charge on any atom is -0.481 e. The molecule has 1 atom stereocenters. The van der Waals surface area contributed by atoms with E-state index >= 15 is 0 Å². The summed E-state index contributed by atoms with van der Waals surface area (Å²) in [5, 5.41) is 8.91. The van der Waals surface area contributed by atoms with Gasteiger partial charge >= 0.3 is 12.0 Å². The first-order valence-corrected chi connectivity index (χ1v) is 8.53. The fourth-order valence-corrected chi connectivity index (χ4v) is 2.47. The number of ether oxygens (including phenoxy) is 2. The second-order valence-corrected chi connectivity index (χ2v) is 6.22. The molecule has 0 aliphatic heterocycles. The molecule has 2 aromatic heterocycles. The second kappa shape index (κ2) is 10.1. The zero-order valence-electron chi connectivity index (χ0n) is 14.9. The van der Waals surface area contributed by atoms with Gasteiger partial charge in [-0.05, 0) is 30.3 Å². The van der Waals surface area contributed by atoms with Gasteiger partial charge in [0.05, 0.1) is 17.1 Å². The quantitative estimate of drug-likeness (QED) is 0.548. The van der Waals surface area contributed by atoms with E-state index in [0.717, 1.165) is 6.07 Å². The molecule has 2 heterocycles. The molecule has 0 radical (unpaired) electrons. The number of aliphatic carboxylic acids is 1. The van der Waals surface area contributed by atoms with Crippen molar-refractivity contribution in [2.75, 3.05) is 6.61 Å². The van der Waals surface area contributed by atoms with E-state index < -0.39 is 17.8 Å². The molecule has 154 valence electrons. The van der Waals surface area contributed by atoms with Gasteiger partial charge in [0.1, 0.15) is 12.4 Å². The van der Waals surface area contributed by atoms with Crippen molar-refractivity contribution in [1.82, 2.24) is 14.5 Å². The number of aromatic nitrogens is 3. The number of carbonyl (C=O) groups is 1. The van der Waals surface area contributed by atoms with Crippen molar-refractivity contribution < 1.29 is 23.8 Å². The molecule has 0 fully saturated rings. The molecule has 11 heteroatoms. The van der Waals surface area contributed by atoms with Crippen molar-refractivity contribution in [3.05, 3.63) is 59.8 Å². The molecule has 3 N–H and O–H groups in total. The highest BCUT2D eigenvalue weighted by Crippen LogP contribution is 2.26. The molecule has 0 aliphatic rings. The lowest BCUT2D eigenvalue weighted by atomic mass is 10.2. The fourth-order valence-electron chi connectivity index (χ4n) is 2.32. The van der Waals surface area contributed by atoms with Crippen LogP contribution in [0.25, 0.3) is 5.69 Å². The third-order valence-electron chi connectivity index (χ3n) is 3.57. The van der Waals surface area contributed by atoms with E-state index in [-0.39, 0.29) is 42.3 Å². The SMILES string of the molecule is Cl.N[C@H](COc1nccn1-c1ccc(Oc2ncc(Cl)cc2F)cc1)CC(=O)O. The molecule has 3 aromatic rings. The van der Waals surface area contributed by atoms with Gasteiger partial charge in [-0.3, -0.25) is 9.36 Å². The van der Waals surface area contributed by atoms with Crippen molar-refractivity contribution in [3.8, 4) is 23.3 Å². The Bertz CT molecular complexity index is 969. The maximum Gasteiger partial charge on any atom is 0.305 e. The van der Waals surface area contributed by atoms with Gasteiger partial charge in [0.15, 0.2) is 5.82 Å². The van der Waals surface area contributed by atoms with Gasteiger partial charge in [0.25, 0.3) is 5.88 Å². The van der Waals surface area contributed by atoms with Crippen molar-refractivity contribution in [1.29, 1.82) is 0 Å². The number of hydrogen-bond acceptors (Lipinski definition) is 6. The van der Waals surface area contributed by atoms with Crippen LogP contribution >= 0.6 is 24.0 Å². The van der Waals surface area contributed by atoms with Gasteiger partial charge in [0, 0.05) is 24.6 Å². The lowest BCUT2D eigenvalue weighted by Crippen LogP contribution is -2.30. The molecular weight excluding hydrogens is 426 g/mol. The van der Waals surface area contributed by atoms with Gasteiger partial charge < -0.3 is 20.3 Å². The largest absolute Gasteiger partial charge is 0.481 e. The molecule has 8 nitrogen and oxygen atoms in total. The first-order chi connectivity index (χ1) is 13.4. The summed E-state index contributed by atoms with van der Waals surface area (Å²) < 4.78 is 26.3. The van der Waals surface area contributed by atoms with Crippen molar-refractivity contribution in [2.24, 2.45) is 5.73 Å². The average molecular weight is 443 g/mol. The molecule has 0 bridgehead atoms. The number of hydrogen-bond donors (Lipinski definition) is 2. The molecule has 0 saturated heterocycles. The first-order valence-electron chi connectivity index (χ1n) is 8.15. The van der Waals surface area contributed by atoms with Gasteiger partial charge in [-0.1, -0.05) is 11.6 Å². The number of carboxylic acids is 1. The van der Waals surface area contributed by atoms with Crippen LogP contribution in [0.5, 0.6) is 17.6 Å². The summed E-state index contributed by atoms with van der Waals surface area (Å²) in [6.45, 7) is 0.00597. The zero-order chi connectivity index (χ0) is 20.1. The first kappa shape index (κ1) is 22.4. The molecule has 0 saturated carbocycles. The summed E-state index contributed by atoms with van der Waals surface area (Å²) in [7, 11) is 0. The van der Waals surface area contributed by atoms with Crippen molar-refractivity contribution >= 4 is 30.0 Å². The summed E-state index contributed by atoms with van der Waals surface area (Å²) in [6.07, 6.45) is 4.30. The molecule has 0 amide bonds. The minimum absolute atomic E-state index is 0. The average Bonchev–Trinajstić information content (AvgIpc) is 3.11. The van der Waals surface area contributed by atoms with Gasteiger partial charge in [-0.2, -0.15) is 0 Å². The van der Waals surface area contributed by atoms with E-state index in [4.69, 9.17) is 31.9 Å². The van der Waals surface area contributed by atoms with Gasteiger partial charge in [-0.25, -0.2) is 14.4 Å². The number of halogens is 3. The minimum atomic E-state index is -0.998. The lowest BCUT2D eigenvalue weighted by Gasteiger charge is -2.13. The fraction of sp³-hybridized carbons (Fsp3) is 0.167. The van der Waals surface area contributed by atoms with E-state index in [1.54, 1.807) is 35.0 Å². The van der Waals surface area contributed by atoms with Gasteiger partial charge in [-0.15, -0.1) is 12.4 Å². The Morgan fingerprint density at radius 1 is 1.31 bits per heavy atom. The molecule has 0 aliphatic carbocycles. The third kappa shape index (κ3) is 6.05. The number of rotatable bonds is 8. The van der Waals surface area contributed by atoms with E-state index in [1.807, 2.05) is 0 Å². The number of pyridine rings is 1. The standard InChI is InChI=1S/C18H16ClFN4O4.ClH/c19-11-7-15(20)17(23-9-11)28-14-3-1-13(2-4-14)24-6-5-22-18(24)27-10-12(21)8-16(25)26;/h1-7,9,12H,8,10,21H2,(H,25,26);1H/t12-;/m0./s1. The molecule has 0 spiro atoms. The highest BCUT2D eigenvalue weighted by molar-refractivity contribution is 6.30. The van der Waals surface area contributed by atoms with Crippen LogP contribution < -0.4 is 15.2 Å². The number of nitrogens with zero attached hydrogens (tertiary/aromatic N) is 3. The van der Waals surface area contributed by atoms with Crippen LogP contribution in [0.2, 0.25) is 5.02 Å². The van der Waals surface area contributed by atoms with E-state index in [2.05, 4.69) is 9.97 Å². The number of nitrogens with two attached hydrogens (primary N) is 1. The summed E-state index contributed by atoms with van der Waals surface area (Å²) in [6, 6.07) is 7.42. The van der Waals surface area contributed by atoms with Crippen molar-refractivity contribution in [2.45, 2.75) is 12.5 Å². The van der Waals surface area contributed by atoms with Crippen LogP contribution in [-0.2, 0) is 4.79 Å². The lowest BCUT2D eigenvalue weighted by molar-refractivity contribution is -0.137. The number of imidazole rings is 1. The Morgan fingerprint density at radius 2 is 2.03 bits per heavy atom.